The molecule has 0 saturated heterocycles. The van der Waals surface area contributed by atoms with Gasteiger partial charge >= 0.3 is 0 Å². The van der Waals surface area contributed by atoms with Gasteiger partial charge in [0.1, 0.15) is 10.6 Å². The first-order valence-electron chi connectivity index (χ1n) is 8.96. The molecule has 0 spiro atoms. The maximum atomic E-state index is 12.9. The van der Waals surface area contributed by atoms with Gasteiger partial charge in [-0.15, -0.1) is 0 Å². The highest BCUT2D eigenvalue weighted by molar-refractivity contribution is 7.92. The Morgan fingerprint density at radius 2 is 2.00 bits per heavy atom. The summed E-state index contributed by atoms with van der Waals surface area (Å²) in [7, 11) is -2.39. The topological polar surface area (TPSA) is 75.7 Å². The summed E-state index contributed by atoms with van der Waals surface area (Å²) in [6.07, 6.45) is 2.20. The molecule has 144 valence electrons. The van der Waals surface area contributed by atoms with Gasteiger partial charge in [0.2, 0.25) is 5.91 Å². The predicted molar refractivity (Wildman–Crippen MR) is 106 cm³/mol. The highest BCUT2D eigenvalue weighted by atomic mass is 32.2. The number of ether oxygens (including phenoxy) is 1. The average molecular weight is 388 g/mol. The summed E-state index contributed by atoms with van der Waals surface area (Å²) in [5.74, 6) is 0.324. The van der Waals surface area contributed by atoms with E-state index in [0.717, 1.165) is 29.7 Å². The van der Waals surface area contributed by atoms with Crippen molar-refractivity contribution in [2.45, 2.75) is 38.0 Å². The minimum Gasteiger partial charge on any atom is -0.495 e. The van der Waals surface area contributed by atoms with Crippen molar-refractivity contribution in [3.05, 3.63) is 47.5 Å². The van der Waals surface area contributed by atoms with Crippen molar-refractivity contribution in [3.63, 3.8) is 0 Å². The van der Waals surface area contributed by atoms with Gasteiger partial charge in [0, 0.05) is 18.7 Å². The van der Waals surface area contributed by atoms with E-state index in [4.69, 9.17) is 4.74 Å². The quantitative estimate of drug-likeness (QED) is 0.851. The molecule has 1 N–H and O–H groups in total. The zero-order valence-electron chi connectivity index (χ0n) is 15.8. The molecule has 0 unspecified atom stereocenters. The molecule has 2 aromatic rings. The van der Waals surface area contributed by atoms with Crippen molar-refractivity contribution in [2.75, 3.05) is 23.3 Å². The summed E-state index contributed by atoms with van der Waals surface area (Å²) in [5.41, 5.74) is 3.08. The minimum atomic E-state index is -3.83. The molecule has 27 heavy (non-hydrogen) atoms. The highest BCUT2D eigenvalue weighted by Crippen LogP contribution is 2.32. The molecule has 2 aromatic carbocycles. The second kappa shape index (κ2) is 7.60. The smallest absolute Gasteiger partial charge is 0.265 e. The van der Waals surface area contributed by atoms with E-state index < -0.39 is 10.0 Å². The molecule has 0 bridgehead atoms. The van der Waals surface area contributed by atoms with Gasteiger partial charge in [0.25, 0.3) is 10.0 Å². The molecule has 1 amide bonds. The van der Waals surface area contributed by atoms with Crippen molar-refractivity contribution in [3.8, 4) is 5.75 Å². The number of amides is 1. The van der Waals surface area contributed by atoms with Crippen LogP contribution in [-0.4, -0.2) is 28.0 Å². The molecule has 0 radical (unpaired) electrons. The van der Waals surface area contributed by atoms with Crippen LogP contribution in [0.4, 0.5) is 11.4 Å². The van der Waals surface area contributed by atoms with Gasteiger partial charge in [-0.25, -0.2) is 8.42 Å². The largest absolute Gasteiger partial charge is 0.495 e. The number of hydrogen-bond acceptors (Lipinski definition) is 4. The van der Waals surface area contributed by atoms with Gasteiger partial charge in [-0.2, -0.15) is 0 Å². The standard InChI is InChI=1S/C20H24N2O4S/c1-4-20(23)22-11-5-6-15-8-9-16(13-17(15)22)21-27(24,25)19-12-14(2)7-10-18(19)26-3/h7-10,12-13,21H,4-6,11H2,1-3H3. The number of aryl methyl sites for hydroxylation is 2. The number of benzene rings is 2. The van der Waals surface area contributed by atoms with Crippen LogP contribution in [-0.2, 0) is 21.2 Å². The van der Waals surface area contributed by atoms with Crippen LogP contribution in [0, 0.1) is 6.92 Å². The monoisotopic (exact) mass is 388 g/mol. The third-order valence-corrected chi connectivity index (χ3v) is 6.07. The number of nitrogens with zero attached hydrogens (tertiary/aromatic N) is 1. The molecule has 1 aliphatic rings. The minimum absolute atomic E-state index is 0.0383. The molecule has 0 atom stereocenters. The zero-order valence-corrected chi connectivity index (χ0v) is 16.6. The Labute approximate surface area is 160 Å². The van der Waals surface area contributed by atoms with E-state index in [1.54, 1.807) is 35.2 Å². The summed E-state index contributed by atoms with van der Waals surface area (Å²) in [4.78, 5) is 14.1. The summed E-state index contributed by atoms with van der Waals surface area (Å²) < 4.78 is 33.6. The van der Waals surface area contributed by atoms with E-state index in [-0.39, 0.29) is 16.6 Å². The van der Waals surface area contributed by atoms with E-state index in [2.05, 4.69) is 4.72 Å². The molecule has 0 aliphatic carbocycles. The van der Waals surface area contributed by atoms with Gasteiger partial charge in [0.15, 0.2) is 0 Å². The second-order valence-electron chi connectivity index (χ2n) is 6.61. The van der Waals surface area contributed by atoms with Crippen LogP contribution in [0.25, 0.3) is 0 Å². The molecular formula is C20H24N2O4S. The molecule has 6 nitrogen and oxygen atoms in total. The van der Waals surface area contributed by atoms with E-state index in [9.17, 15) is 13.2 Å². The van der Waals surface area contributed by atoms with Gasteiger partial charge in [-0.3, -0.25) is 9.52 Å². The molecular weight excluding hydrogens is 364 g/mol. The Balaban J connectivity index is 1.97. The number of rotatable bonds is 5. The van der Waals surface area contributed by atoms with Crippen molar-refractivity contribution >= 4 is 27.3 Å². The molecule has 1 aliphatic heterocycles. The Morgan fingerprint density at radius 3 is 2.70 bits per heavy atom. The summed E-state index contributed by atoms with van der Waals surface area (Å²) in [6, 6.07) is 10.4. The number of methoxy groups -OCH3 is 1. The van der Waals surface area contributed by atoms with Crippen LogP contribution in [0.2, 0.25) is 0 Å². The lowest BCUT2D eigenvalue weighted by atomic mass is 10.0. The fraction of sp³-hybridized carbons (Fsp3) is 0.350. The highest BCUT2D eigenvalue weighted by Gasteiger charge is 2.24. The predicted octanol–water partition coefficient (Wildman–Crippen LogP) is 3.49. The lowest BCUT2D eigenvalue weighted by Gasteiger charge is -2.30. The van der Waals surface area contributed by atoms with Crippen LogP contribution in [0.1, 0.15) is 30.9 Å². The number of fused-ring (bicyclic) bond motifs is 1. The van der Waals surface area contributed by atoms with Crippen LogP contribution in [0.5, 0.6) is 5.75 Å². The third kappa shape index (κ3) is 3.93. The number of anilines is 2. The van der Waals surface area contributed by atoms with Crippen molar-refractivity contribution in [1.82, 2.24) is 0 Å². The van der Waals surface area contributed by atoms with Crippen molar-refractivity contribution in [1.29, 1.82) is 0 Å². The van der Waals surface area contributed by atoms with E-state index in [1.807, 2.05) is 19.9 Å². The fourth-order valence-electron chi connectivity index (χ4n) is 3.29. The van der Waals surface area contributed by atoms with E-state index in [0.29, 0.717) is 18.7 Å². The molecule has 1 heterocycles. The maximum absolute atomic E-state index is 12.9. The summed E-state index contributed by atoms with van der Waals surface area (Å²) >= 11 is 0. The first-order valence-corrected chi connectivity index (χ1v) is 10.4. The SMILES string of the molecule is CCC(=O)N1CCCc2ccc(NS(=O)(=O)c3cc(C)ccc3OC)cc21. The van der Waals surface area contributed by atoms with E-state index >= 15 is 0 Å². The lowest BCUT2D eigenvalue weighted by molar-refractivity contribution is -0.118. The van der Waals surface area contributed by atoms with Crippen LogP contribution < -0.4 is 14.4 Å². The second-order valence-corrected chi connectivity index (χ2v) is 8.26. The number of carbonyl (C=O) groups excluding carboxylic acids is 1. The third-order valence-electron chi connectivity index (χ3n) is 4.67. The molecule has 3 rings (SSSR count). The Kier molecular flexibility index (Phi) is 5.41. The Hall–Kier alpha value is -2.54. The number of nitrogens with one attached hydrogen (secondary N) is 1. The van der Waals surface area contributed by atoms with E-state index in [1.165, 1.54) is 7.11 Å². The van der Waals surface area contributed by atoms with Crippen LogP contribution >= 0.6 is 0 Å². The molecule has 0 aromatic heterocycles. The van der Waals surface area contributed by atoms with Crippen molar-refractivity contribution in [2.24, 2.45) is 0 Å². The Bertz CT molecular complexity index is 970. The molecule has 0 saturated carbocycles. The number of carbonyl (C=O) groups is 1. The van der Waals surface area contributed by atoms with Crippen LogP contribution in [0.15, 0.2) is 41.3 Å². The lowest BCUT2D eigenvalue weighted by Crippen LogP contribution is -2.35. The Morgan fingerprint density at radius 1 is 1.22 bits per heavy atom. The van der Waals surface area contributed by atoms with Gasteiger partial charge < -0.3 is 9.64 Å². The first kappa shape index (κ1) is 19.2. The normalized spacial score (nSPS) is 13.8. The van der Waals surface area contributed by atoms with Crippen molar-refractivity contribution < 1.29 is 17.9 Å². The number of hydrogen-bond donors (Lipinski definition) is 1. The maximum Gasteiger partial charge on any atom is 0.265 e. The summed E-state index contributed by atoms with van der Waals surface area (Å²) in [6.45, 7) is 4.31. The fourth-order valence-corrected chi connectivity index (χ4v) is 4.60. The molecule has 7 heteroatoms. The molecule has 0 fully saturated rings. The van der Waals surface area contributed by atoms with Gasteiger partial charge in [0.05, 0.1) is 12.8 Å². The van der Waals surface area contributed by atoms with Gasteiger partial charge in [-0.1, -0.05) is 19.1 Å². The number of sulfonamides is 1. The average Bonchev–Trinajstić information content (AvgIpc) is 2.66. The van der Waals surface area contributed by atoms with Crippen LogP contribution in [0.3, 0.4) is 0 Å². The first-order chi connectivity index (χ1) is 12.9. The van der Waals surface area contributed by atoms with Gasteiger partial charge in [-0.05, 0) is 55.2 Å². The zero-order chi connectivity index (χ0) is 19.6. The summed E-state index contributed by atoms with van der Waals surface area (Å²) in [5, 5.41) is 0.